The lowest BCUT2D eigenvalue weighted by Gasteiger charge is -2.50. The van der Waals surface area contributed by atoms with Crippen LogP contribution in [0.25, 0.3) is 10.9 Å². The van der Waals surface area contributed by atoms with E-state index in [4.69, 9.17) is 10.7 Å². The molecule has 3 aliphatic heterocycles. The molecule has 0 spiro atoms. The fraction of sp³-hybridized carbons (Fsp3) is 0.444. The summed E-state index contributed by atoms with van der Waals surface area (Å²) in [7, 11) is 0. The van der Waals surface area contributed by atoms with Gasteiger partial charge in [-0.15, -0.1) is 0 Å². The summed E-state index contributed by atoms with van der Waals surface area (Å²) in [5, 5.41) is 10.6. The average Bonchev–Trinajstić information content (AvgIpc) is 2.86. The Bertz CT molecular complexity index is 1230. The van der Waals surface area contributed by atoms with Crippen LogP contribution in [0.2, 0.25) is 0 Å². The summed E-state index contributed by atoms with van der Waals surface area (Å²) in [6.45, 7) is 7.26. The summed E-state index contributed by atoms with van der Waals surface area (Å²) in [6.07, 6.45) is 6.18. The molecule has 2 N–H and O–H groups in total. The van der Waals surface area contributed by atoms with Crippen LogP contribution in [0.4, 0.5) is 11.5 Å². The lowest BCUT2D eigenvalue weighted by molar-refractivity contribution is 0.0765. The van der Waals surface area contributed by atoms with Crippen molar-refractivity contribution in [1.82, 2.24) is 14.9 Å². The van der Waals surface area contributed by atoms with Crippen molar-refractivity contribution in [3.8, 4) is 6.07 Å². The molecule has 34 heavy (non-hydrogen) atoms. The van der Waals surface area contributed by atoms with E-state index >= 15 is 0 Å². The second kappa shape index (κ2) is 8.53. The van der Waals surface area contributed by atoms with Gasteiger partial charge >= 0.3 is 0 Å². The molecule has 1 aromatic carbocycles. The number of hydrogen-bond donors (Lipinski definition) is 1. The van der Waals surface area contributed by atoms with Gasteiger partial charge in [0.05, 0.1) is 11.1 Å². The smallest absolute Gasteiger partial charge is 0.128 e. The van der Waals surface area contributed by atoms with Gasteiger partial charge in [-0.25, -0.2) is 4.98 Å². The molecule has 0 radical (unpaired) electrons. The molecule has 3 fully saturated rings. The fourth-order valence-electron chi connectivity index (χ4n) is 6.13. The number of piperidine rings is 1. The van der Waals surface area contributed by atoms with Gasteiger partial charge in [0.25, 0.3) is 0 Å². The zero-order valence-corrected chi connectivity index (χ0v) is 19.6. The van der Waals surface area contributed by atoms with Gasteiger partial charge in [0, 0.05) is 67.8 Å². The van der Waals surface area contributed by atoms with Crippen LogP contribution in [0.1, 0.15) is 36.8 Å². The van der Waals surface area contributed by atoms with E-state index in [0.29, 0.717) is 23.6 Å². The van der Waals surface area contributed by atoms with E-state index in [1.807, 2.05) is 12.1 Å². The predicted molar refractivity (Wildman–Crippen MR) is 135 cm³/mol. The Morgan fingerprint density at radius 3 is 2.68 bits per heavy atom. The van der Waals surface area contributed by atoms with E-state index in [0.717, 1.165) is 55.9 Å². The number of rotatable bonds is 3. The summed E-state index contributed by atoms with van der Waals surface area (Å²) in [4.78, 5) is 16.7. The highest BCUT2D eigenvalue weighted by molar-refractivity contribution is 5.95. The molecule has 5 heterocycles. The molecule has 6 rings (SSSR count). The minimum atomic E-state index is 0.283. The first-order chi connectivity index (χ1) is 16.6. The number of nitrogens with zero attached hydrogens (tertiary/aromatic N) is 6. The maximum atomic E-state index is 9.52. The average molecular weight is 454 g/mol. The summed E-state index contributed by atoms with van der Waals surface area (Å²) in [5.74, 6) is 1.58. The van der Waals surface area contributed by atoms with Crippen LogP contribution in [0.5, 0.6) is 0 Å². The largest absolute Gasteiger partial charge is 0.368 e. The summed E-state index contributed by atoms with van der Waals surface area (Å²) < 4.78 is 0. The Balaban J connectivity index is 1.22. The Kier molecular flexibility index (Phi) is 5.35. The van der Waals surface area contributed by atoms with Gasteiger partial charge in [0.1, 0.15) is 11.9 Å². The maximum Gasteiger partial charge on any atom is 0.128 e. The lowest BCUT2D eigenvalue weighted by Crippen LogP contribution is -2.60. The predicted octanol–water partition coefficient (Wildman–Crippen LogP) is 3.11. The van der Waals surface area contributed by atoms with Crippen LogP contribution in [0.3, 0.4) is 0 Å². The molecule has 0 saturated carbocycles. The number of hydrogen-bond acceptors (Lipinski definition) is 7. The van der Waals surface area contributed by atoms with Crippen LogP contribution in [0.15, 0.2) is 48.8 Å². The van der Waals surface area contributed by atoms with Crippen molar-refractivity contribution in [2.75, 3.05) is 42.5 Å². The molecule has 0 aliphatic carbocycles. The number of nitriles is 1. The SMILES string of the molecule is C[C@@H]1CN(c2ccc(C#N)c3ncccc23)C[C@@H]2C[C@H](c3ccc(N4CC(N)C4)nc3)CCN21. The highest BCUT2D eigenvalue weighted by Crippen LogP contribution is 2.37. The van der Waals surface area contributed by atoms with E-state index in [2.05, 4.69) is 63.1 Å². The third-order valence-electron chi connectivity index (χ3n) is 7.93. The van der Waals surface area contributed by atoms with Crippen LogP contribution in [-0.2, 0) is 0 Å². The number of aromatic nitrogens is 2. The van der Waals surface area contributed by atoms with E-state index in [-0.39, 0.29) is 6.04 Å². The van der Waals surface area contributed by atoms with E-state index in [1.54, 1.807) is 6.20 Å². The van der Waals surface area contributed by atoms with Crippen LogP contribution in [0, 0.1) is 11.3 Å². The Labute approximate surface area is 200 Å². The number of benzene rings is 1. The van der Waals surface area contributed by atoms with Gasteiger partial charge in [0.2, 0.25) is 0 Å². The fourth-order valence-corrected chi connectivity index (χ4v) is 6.13. The number of fused-ring (bicyclic) bond motifs is 2. The third kappa shape index (κ3) is 3.67. The molecule has 174 valence electrons. The number of nitrogens with two attached hydrogens (primary N) is 1. The highest BCUT2D eigenvalue weighted by atomic mass is 15.3. The first kappa shape index (κ1) is 21.3. The van der Waals surface area contributed by atoms with Crippen molar-refractivity contribution >= 4 is 22.4 Å². The number of pyridine rings is 2. The Morgan fingerprint density at radius 1 is 1.03 bits per heavy atom. The third-order valence-corrected chi connectivity index (χ3v) is 7.93. The molecule has 3 saturated heterocycles. The zero-order valence-electron chi connectivity index (χ0n) is 19.6. The first-order valence-electron chi connectivity index (χ1n) is 12.4. The quantitative estimate of drug-likeness (QED) is 0.652. The molecule has 2 aromatic heterocycles. The minimum absolute atomic E-state index is 0.283. The molecule has 0 unspecified atom stereocenters. The normalized spacial score (nSPS) is 25.6. The van der Waals surface area contributed by atoms with Crippen LogP contribution >= 0.6 is 0 Å². The molecule has 0 amide bonds. The monoisotopic (exact) mass is 453 g/mol. The zero-order chi connectivity index (χ0) is 23.2. The molecule has 3 aliphatic rings. The summed E-state index contributed by atoms with van der Waals surface area (Å²) >= 11 is 0. The van der Waals surface area contributed by atoms with Gasteiger partial charge in [-0.1, -0.05) is 6.07 Å². The van der Waals surface area contributed by atoms with Crippen molar-refractivity contribution in [2.24, 2.45) is 5.73 Å². The Hall–Kier alpha value is -3.21. The minimum Gasteiger partial charge on any atom is -0.368 e. The van der Waals surface area contributed by atoms with Crippen LogP contribution in [-0.4, -0.2) is 65.7 Å². The number of anilines is 2. The van der Waals surface area contributed by atoms with E-state index in [9.17, 15) is 5.26 Å². The highest BCUT2D eigenvalue weighted by Gasteiger charge is 2.38. The van der Waals surface area contributed by atoms with Gasteiger partial charge in [-0.2, -0.15) is 5.26 Å². The van der Waals surface area contributed by atoms with Crippen molar-refractivity contribution in [1.29, 1.82) is 5.26 Å². The van der Waals surface area contributed by atoms with E-state index in [1.165, 1.54) is 17.7 Å². The van der Waals surface area contributed by atoms with Gasteiger partial charge in [0.15, 0.2) is 0 Å². The molecular weight excluding hydrogens is 422 g/mol. The van der Waals surface area contributed by atoms with E-state index < -0.39 is 0 Å². The van der Waals surface area contributed by atoms with Gasteiger partial charge in [-0.3, -0.25) is 9.88 Å². The Morgan fingerprint density at radius 2 is 1.91 bits per heavy atom. The van der Waals surface area contributed by atoms with Crippen molar-refractivity contribution in [2.45, 2.75) is 43.8 Å². The molecular formula is C27H31N7. The first-order valence-corrected chi connectivity index (χ1v) is 12.4. The standard InChI is InChI=1S/C27H31N7/c1-18-14-32(25-6-4-20(12-28)27-24(25)3-2-9-30-27)17-23-11-19(8-10-34(18)23)21-5-7-26(31-13-21)33-15-22(29)16-33/h2-7,9,13,18-19,22-23H,8,10-11,14-17,29H2,1H3/t18-,19-,23+/m1/s1. The summed E-state index contributed by atoms with van der Waals surface area (Å²) in [6, 6.07) is 16.1. The second-order valence-electron chi connectivity index (χ2n) is 10.1. The van der Waals surface area contributed by atoms with Crippen molar-refractivity contribution in [3.05, 3.63) is 59.9 Å². The number of piperazine rings is 1. The topological polar surface area (TPSA) is 85.3 Å². The molecule has 7 nitrogen and oxygen atoms in total. The maximum absolute atomic E-state index is 9.52. The molecule has 3 aromatic rings. The molecule has 7 heteroatoms. The molecule has 3 atom stereocenters. The van der Waals surface area contributed by atoms with Crippen molar-refractivity contribution < 1.29 is 0 Å². The molecule has 0 bridgehead atoms. The lowest BCUT2D eigenvalue weighted by atomic mass is 9.83. The van der Waals surface area contributed by atoms with Crippen molar-refractivity contribution in [3.63, 3.8) is 0 Å². The van der Waals surface area contributed by atoms with Gasteiger partial charge < -0.3 is 15.5 Å². The van der Waals surface area contributed by atoms with Gasteiger partial charge in [-0.05, 0) is 68.1 Å². The summed E-state index contributed by atoms with van der Waals surface area (Å²) in [5.41, 5.74) is 9.91. The second-order valence-corrected chi connectivity index (χ2v) is 10.1. The van der Waals surface area contributed by atoms with Crippen LogP contribution < -0.4 is 15.5 Å².